The second-order valence-corrected chi connectivity index (χ2v) is 14.4. The van der Waals surface area contributed by atoms with Crippen molar-refractivity contribution >= 4 is 78.3 Å². The van der Waals surface area contributed by atoms with Crippen molar-refractivity contribution in [1.29, 1.82) is 0 Å². The minimum Gasteiger partial charge on any atom is -0.508 e. The van der Waals surface area contributed by atoms with E-state index in [1.807, 2.05) is 0 Å². The van der Waals surface area contributed by atoms with Crippen molar-refractivity contribution in [2.24, 2.45) is 5.14 Å². The normalized spacial score (nSPS) is 11.4. The van der Waals surface area contributed by atoms with Gasteiger partial charge in [0.1, 0.15) is 17.1 Å². The number of carboxylic acids is 1. The van der Waals surface area contributed by atoms with Crippen LogP contribution in [0.3, 0.4) is 0 Å². The molecule has 0 atom stereocenters. The molecule has 0 fully saturated rings. The monoisotopic (exact) mass is 799 g/mol. The average molecular weight is 800 g/mol. The van der Waals surface area contributed by atoms with Crippen molar-refractivity contribution in [3.63, 3.8) is 0 Å². The Hall–Kier alpha value is -5.58. The van der Waals surface area contributed by atoms with E-state index in [0.29, 0.717) is 45.6 Å². The number of amides is 2. The second-order valence-electron chi connectivity index (χ2n) is 11.3. The predicted molar refractivity (Wildman–Crippen MR) is 201 cm³/mol. The third kappa shape index (κ3) is 10.7. The molecule has 0 radical (unpaired) electrons. The number of anilines is 2. The van der Waals surface area contributed by atoms with Crippen LogP contribution in [-0.4, -0.2) is 91.2 Å². The van der Waals surface area contributed by atoms with Crippen LogP contribution in [0.2, 0.25) is 0 Å². The highest BCUT2D eigenvalue weighted by Crippen LogP contribution is 2.42. The topological polar surface area (TPSA) is 274 Å². The van der Waals surface area contributed by atoms with Crippen LogP contribution in [0.15, 0.2) is 68.1 Å². The summed E-state index contributed by atoms with van der Waals surface area (Å²) in [6, 6.07) is 13.5. The van der Waals surface area contributed by atoms with Crippen molar-refractivity contribution in [3.05, 3.63) is 70.4 Å². The Kier molecular flexibility index (Phi) is 13.2. The zero-order valence-electron chi connectivity index (χ0n) is 28.1. The van der Waals surface area contributed by atoms with Gasteiger partial charge in [-0.15, -0.1) is 10.2 Å². The number of phenolic OH excluding ortho intramolecular Hbond substituents is 1. The first kappa shape index (κ1) is 39.6. The number of aromatic hydroxyl groups is 1. The molecule has 0 spiro atoms. The van der Waals surface area contributed by atoms with Gasteiger partial charge in [-0.3, -0.25) is 14.4 Å². The van der Waals surface area contributed by atoms with E-state index in [9.17, 15) is 37.8 Å². The minimum atomic E-state index is -4.03. The SMILES string of the molecule is NS(=O)(=O)c1nnc(NC(=O)CCC(=O)NCCOCCOCCNC(=S)Nc2ccc(-c3c4ccc(=O)cc-4oc4cc(O)ccc34)c(C(=O)O)c2)s1. The number of thiocarbonyl (C=S) groups is 1. The first-order valence-corrected chi connectivity index (χ1v) is 18.8. The molecule has 0 saturated carbocycles. The Balaban J connectivity index is 1.000. The van der Waals surface area contributed by atoms with Crippen molar-refractivity contribution in [3.8, 4) is 28.2 Å². The van der Waals surface area contributed by atoms with Gasteiger partial charge in [0.05, 0.1) is 32.0 Å². The molecule has 0 saturated heterocycles. The molecule has 0 unspecified atom stereocenters. The van der Waals surface area contributed by atoms with Crippen molar-refractivity contribution in [2.75, 3.05) is 50.2 Å². The lowest BCUT2D eigenvalue weighted by Gasteiger charge is -2.18. The van der Waals surface area contributed by atoms with Gasteiger partial charge in [-0.05, 0) is 54.2 Å². The third-order valence-electron chi connectivity index (χ3n) is 7.40. The van der Waals surface area contributed by atoms with Gasteiger partial charge >= 0.3 is 5.97 Å². The number of hydrogen-bond donors (Lipinski definition) is 7. The number of nitrogens with zero attached hydrogens (tertiary/aromatic N) is 2. The number of nitrogens with two attached hydrogens (primary N) is 1. The molecule has 54 heavy (non-hydrogen) atoms. The van der Waals surface area contributed by atoms with Gasteiger partial charge in [0.25, 0.3) is 10.0 Å². The Morgan fingerprint density at radius 1 is 0.870 bits per heavy atom. The number of carboxylic acid groups (broad SMARTS) is 1. The molecule has 1 aliphatic carbocycles. The fourth-order valence-corrected chi connectivity index (χ4v) is 6.60. The van der Waals surface area contributed by atoms with Crippen LogP contribution >= 0.6 is 23.6 Å². The van der Waals surface area contributed by atoms with Crippen LogP contribution in [0.5, 0.6) is 5.75 Å². The van der Waals surface area contributed by atoms with Gasteiger partial charge in [-0.25, -0.2) is 18.4 Å². The lowest BCUT2D eigenvalue weighted by molar-refractivity contribution is -0.124. The van der Waals surface area contributed by atoms with Crippen molar-refractivity contribution < 1.29 is 46.9 Å². The molecule has 18 nitrogen and oxygen atoms in total. The van der Waals surface area contributed by atoms with Gasteiger partial charge in [0.2, 0.25) is 21.3 Å². The molecular weight excluding hydrogens is 767 g/mol. The maximum atomic E-state index is 12.5. The van der Waals surface area contributed by atoms with Gasteiger partial charge in [-0.2, -0.15) is 0 Å². The molecule has 1 aromatic heterocycles. The zero-order chi connectivity index (χ0) is 38.8. The lowest BCUT2D eigenvalue weighted by Crippen LogP contribution is -2.31. The summed E-state index contributed by atoms with van der Waals surface area (Å²) in [4.78, 5) is 48.5. The number of sulfonamides is 1. The van der Waals surface area contributed by atoms with Crippen LogP contribution in [0.1, 0.15) is 23.2 Å². The van der Waals surface area contributed by atoms with E-state index in [0.717, 1.165) is 0 Å². The van der Waals surface area contributed by atoms with E-state index in [-0.39, 0.29) is 90.1 Å². The molecule has 2 heterocycles. The quantitative estimate of drug-likeness (QED) is 0.0308. The summed E-state index contributed by atoms with van der Waals surface area (Å²) < 4.78 is 38.8. The first-order chi connectivity index (χ1) is 25.8. The molecule has 2 aliphatic rings. The summed E-state index contributed by atoms with van der Waals surface area (Å²) in [6.45, 7) is 1.57. The summed E-state index contributed by atoms with van der Waals surface area (Å²) in [5, 5.41) is 43.7. The third-order valence-corrected chi connectivity index (χ3v) is 9.80. The van der Waals surface area contributed by atoms with Gasteiger partial charge < -0.3 is 45.4 Å². The lowest BCUT2D eigenvalue weighted by atomic mass is 9.90. The summed E-state index contributed by atoms with van der Waals surface area (Å²) in [5.41, 5.74) is 1.80. The first-order valence-electron chi connectivity index (χ1n) is 16.0. The smallest absolute Gasteiger partial charge is 0.336 e. The fraction of sp³-hybridized carbons (Fsp3) is 0.242. The van der Waals surface area contributed by atoms with Crippen LogP contribution in [-0.2, 0) is 29.1 Å². The highest BCUT2D eigenvalue weighted by Gasteiger charge is 2.23. The number of fused-ring (bicyclic) bond motifs is 2. The summed E-state index contributed by atoms with van der Waals surface area (Å²) in [5.74, 6) is -1.92. The number of aromatic nitrogens is 2. The van der Waals surface area contributed by atoms with Crippen LogP contribution in [0.25, 0.3) is 33.4 Å². The van der Waals surface area contributed by atoms with Crippen LogP contribution in [0, 0.1) is 0 Å². The maximum Gasteiger partial charge on any atom is 0.336 e. The van der Waals surface area contributed by atoms with Crippen LogP contribution < -0.4 is 31.8 Å². The van der Waals surface area contributed by atoms with E-state index in [4.69, 9.17) is 31.2 Å². The molecule has 8 N–H and O–H groups in total. The number of aromatic carboxylic acids is 1. The molecule has 21 heteroatoms. The Morgan fingerprint density at radius 3 is 2.28 bits per heavy atom. The number of ether oxygens (including phenoxy) is 2. The number of primary sulfonamides is 1. The molecule has 1 aliphatic heterocycles. The number of carbonyl (C=O) groups excluding carboxylic acids is 2. The van der Waals surface area contributed by atoms with E-state index >= 15 is 0 Å². The molecule has 5 rings (SSSR count). The maximum absolute atomic E-state index is 12.5. The number of nitrogens with one attached hydrogen (secondary N) is 4. The van der Waals surface area contributed by atoms with E-state index in [2.05, 4.69) is 31.5 Å². The number of hydrogen-bond acceptors (Lipinski definition) is 14. The predicted octanol–water partition coefficient (Wildman–Crippen LogP) is 2.32. The van der Waals surface area contributed by atoms with Gasteiger partial charge in [0, 0.05) is 60.3 Å². The summed E-state index contributed by atoms with van der Waals surface area (Å²) in [6.07, 6.45) is -0.268. The molecule has 0 bridgehead atoms. The van der Waals surface area contributed by atoms with Crippen molar-refractivity contribution in [2.45, 2.75) is 17.2 Å². The van der Waals surface area contributed by atoms with Crippen LogP contribution in [0.4, 0.5) is 10.8 Å². The largest absolute Gasteiger partial charge is 0.508 e. The molecule has 2 amide bonds. The molecule has 284 valence electrons. The van der Waals surface area contributed by atoms with E-state index < -0.39 is 26.2 Å². The number of phenols is 1. The zero-order valence-corrected chi connectivity index (χ0v) is 30.6. The number of carbonyl (C=O) groups is 3. The number of benzene rings is 3. The molecule has 3 aromatic rings. The van der Waals surface area contributed by atoms with Gasteiger partial charge in [0.15, 0.2) is 10.5 Å². The average Bonchev–Trinajstić information content (AvgIpc) is 3.59. The molecular formula is C33H33N7O11S3. The fourth-order valence-electron chi connectivity index (χ4n) is 5.04. The standard InChI is InChI=1S/C33H33N7O11S3/c34-54(47,48)33-40-39-32(53-33)38-28(44)8-7-27(43)35-9-11-49-13-14-50-12-10-36-31(52)37-18-1-4-21(24(15-18)30(45)46)29-22-5-2-19(41)16-25(22)51-26-17-20(42)3-6-23(26)29/h1-6,15-17,41H,7-14H2,(H,35,43)(H,45,46)(H2,34,47,48)(H2,36,37,52)(H,38,39,44). The highest BCUT2D eigenvalue weighted by atomic mass is 32.2. The Labute approximate surface area is 316 Å². The highest BCUT2D eigenvalue weighted by molar-refractivity contribution is 7.91. The van der Waals surface area contributed by atoms with E-state index in [1.165, 1.54) is 30.3 Å². The minimum absolute atomic E-state index is 0.0311. The second kappa shape index (κ2) is 18.0. The Bertz CT molecular complexity index is 2330. The Morgan fingerprint density at radius 2 is 1.57 bits per heavy atom. The van der Waals surface area contributed by atoms with Gasteiger partial charge in [-0.1, -0.05) is 17.4 Å². The summed E-state index contributed by atoms with van der Waals surface area (Å²) in [7, 11) is -4.03. The van der Waals surface area contributed by atoms with E-state index in [1.54, 1.807) is 24.3 Å². The van der Waals surface area contributed by atoms with Crippen molar-refractivity contribution in [1.82, 2.24) is 20.8 Å². The number of rotatable bonds is 17. The summed E-state index contributed by atoms with van der Waals surface area (Å²) >= 11 is 5.96. The molecule has 2 aromatic carbocycles.